The Bertz CT molecular complexity index is 977. The summed E-state index contributed by atoms with van der Waals surface area (Å²) in [5.41, 5.74) is 1.18. The Morgan fingerprint density at radius 1 is 1.11 bits per heavy atom. The second-order valence-electron chi connectivity index (χ2n) is 6.56. The number of nitrogens with zero attached hydrogens (tertiary/aromatic N) is 1. The first-order valence-electron chi connectivity index (χ1n) is 8.97. The van der Waals surface area contributed by atoms with Crippen molar-refractivity contribution in [3.63, 3.8) is 0 Å². The van der Waals surface area contributed by atoms with Crippen molar-refractivity contribution in [2.75, 3.05) is 20.6 Å². The maximum absolute atomic E-state index is 12.9. The first-order chi connectivity index (χ1) is 13.6. The van der Waals surface area contributed by atoms with Crippen molar-refractivity contribution in [2.24, 2.45) is 0 Å². The van der Waals surface area contributed by atoms with Gasteiger partial charge in [-0.2, -0.15) is 5.26 Å². The molecule has 5 nitrogen and oxygen atoms in total. The van der Waals surface area contributed by atoms with Gasteiger partial charge < -0.3 is 14.6 Å². The molecule has 28 heavy (non-hydrogen) atoms. The molecule has 0 aliphatic carbocycles. The summed E-state index contributed by atoms with van der Waals surface area (Å²) < 4.78 is 5.52. The minimum absolute atomic E-state index is 0.0260. The van der Waals surface area contributed by atoms with E-state index in [0.29, 0.717) is 17.7 Å². The average Bonchev–Trinajstić information content (AvgIpc) is 3.23. The fourth-order valence-corrected chi connectivity index (χ4v) is 3.90. The van der Waals surface area contributed by atoms with Crippen LogP contribution in [0.15, 0.2) is 81.1 Å². The maximum Gasteiger partial charge on any atom is 0.252 e. The summed E-state index contributed by atoms with van der Waals surface area (Å²) in [5, 5.41) is 12.3. The minimum atomic E-state index is -0.143. The van der Waals surface area contributed by atoms with Gasteiger partial charge in [0.1, 0.15) is 6.07 Å². The molecule has 1 amide bonds. The van der Waals surface area contributed by atoms with Crippen LogP contribution < -0.4 is 10.2 Å². The van der Waals surface area contributed by atoms with E-state index < -0.39 is 0 Å². The zero-order valence-electron chi connectivity index (χ0n) is 15.8. The number of nitriles is 1. The molecule has 0 saturated carbocycles. The summed E-state index contributed by atoms with van der Waals surface area (Å²) in [6.07, 6.45) is 1.64. The number of nitrogens with one attached hydrogen (secondary N) is 2. The van der Waals surface area contributed by atoms with Gasteiger partial charge in [0, 0.05) is 9.79 Å². The van der Waals surface area contributed by atoms with E-state index in [4.69, 9.17) is 4.42 Å². The molecule has 0 unspecified atom stereocenters. The lowest BCUT2D eigenvalue weighted by molar-refractivity contribution is -0.891. The molecular formula is C22H22N3O2S+. The maximum atomic E-state index is 12.9. The predicted molar refractivity (Wildman–Crippen MR) is 108 cm³/mol. The number of quaternary nitrogens is 1. The number of benzene rings is 2. The standard InChI is InChI=1S/C22H21N3O2S/c1-25(2)18(19-10-7-13-27-19)15-24-22(26)17-9-4-6-12-21(17)28-20-11-5-3-8-16(20)14-23/h3-13,18H,15H2,1-2H3,(H,24,26)/p+1/t18-/m0/s1. The molecule has 0 fully saturated rings. The molecule has 2 aromatic carbocycles. The van der Waals surface area contributed by atoms with Crippen molar-refractivity contribution in [3.05, 3.63) is 83.8 Å². The molecule has 3 aromatic rings. The lowest BCUT2D eigenvalue weighted by Gasteiger charge is -2.20. The van der Waals surface area contributed by atoms with Crippen LogP contribution in [-0.4, -0.2) is 26.5 Å². The third kappa shape index (κ3) is 4.63. The summed E-state index contributed by atoms with van der Waals surface area (Å²) in [6, 6.07) is 20.8. The molecule has 142 valence electrons. The summed E-state index contributed by atoms with van der Waals surface area (Å²) in [7, 11) is 4.06. The van der Waals surface area contributed by atoms with Gasteiger partial charge in [-0.1, -0.05) is 36.0 Å². The monoisotopic (exact) mass is 392 g/mol. The van der Waals surface area contributed by atoms with Crippen LogP contribution in [0.1, 0.15) is 27.7 Å². The largest absolute Gasteiger partial charge is 0.463 e. The molecule has 0 radical (unpaired) electrons. The van der Waals surface area contributed by atoms with Crippen molar-refractivity contribution in [2.45, 2.75) is 15.8 Å². The average molecular weight is 393 g/mol. The van der Waals surface area contributed by atoms with Crippen molar-refractivity contribution >= 4 is 17.7 Å². The van der Waals surface area contributed by atoms with E-state index >= 15 is 0 Å². The zero-order chi connectivity index (χ0) is 19.9. The van der Waals surface area contributed by atoms with Gasteiger partial charge in [0.25, 0.3) is 5.91 Å². The van der Waals surface area contributed by atoms with Crippen molar-refractivity contribution < 1.29 is 14.1 Å². The molecule has 3 rings (SSSR count). The highest BCUT2D eigenvalue weighted by molar-refractivity contribution is 7.99. The van der Waals surface area contributed by atoms with Crippen LogP contribution in [0.2, 0.25) is 0 Å². The number of amides is 1. The van der Waals surface area contributed by atoms with E-state index in [1.807, 2.05) is 62.6 Å². The molecule has 6 heteroatoms. The summed E-state index contributed by atoms with van der Waals surface area (Å²) in [4.78, 5) is 15.7. The second-order valence-corrected chi connectivity index (χ2v) is 7.65. The number of furan rings is 1. The Morgan fingerprint density at radius 2 is 1.82 bits per heavy atom. The van der Waals surface area contributed by atoms with Crippen LogP contribution in [-0.2, 0) is 0 Å². The Labute approximate surface area is 169 Å². The highest BCUT2D eigenvalue weighted by Gasteiger charge is 2.22. The first kappa shape index (κ1) is 19.7. The van der Waals surface area contributed by atoms with Gasteiger partial charge in [0.05, 0.1) is 38.0 Å². The predicted octanol–water partition coefficient (Wildman–Crippen LogP) is 2.92. The molecule has 0 bridgehead atoms. The Kier molecular flexibility index (Phi) is 6.53. The lowest BCUT2D eigenvalue weighted by atomic mass is 10.1. The molecule has 0 spiro atoms. The topological polar surface area (TPSA) is 70.5 Å². The van der Waals surface area contributed by atoms with Crippen molar-refractivity contribution in [1.82, 2.24) is 5.32 Å². The van der Waals surface area contributed by atoms with Gasteiger partial charge in [-0.05, 0) is 36.4 Å². The van der Waals surface area contributed by atoms with Gasteiger partial charge >= 0.3 is 0 Å². The van der Waals surface area contributed by atoms with Gasteiger partial charge in [0.15, 0.2) is 11.8 Å². The fraction of sp³-hybridized carbons (Fsp3) is 0.182. The smallest absolute Gasteiger partial charge is 0.252 e. The molecule has 0 saturated heterocycles. The Morgan fingerprint density at radius 3 is 2.50 bits per heavy atom. The van der Waals surface area contributed by atoms with E-state index in [2.05, 4.69) is 11.4 Å². The normalized spacial score (nSPS) is 11.8. The number of hydrogen-bond donors (Lipinski definition) is 2. The quantitative estimate of drug-likeness (QED) is 0.649. The Balaban J connectivity index is 1.77. The lowest BCUT2D eigenvalue weighted by Crippen LogP contribution is -3.07. The highest BCUT2D eigenvalue weighted by Crippen LogP contribution is 2.32. The van der Waals surface area contributed by atoms with E-state index in [-0.39, 0.29) is 11.9 Å². The van der Waals surface area contributed by atoms with Gasteiger partial charge in [0.2, 0.25) is 0 Å². The first-order valence-corrected chi connectivity index (χ1v) is 9.79. The Hall–Kier alpha value is -3.01. The number of hydrogen-bond acceptors (Lipinski definition) is 4. The van der Waals surface area contributed by atoms with Crippen LogP contribution in [0.5, 0.6) is 0 Å². The van der Waals surface area contributed by atoms with Crippen LogP contribution in [0.4, 0.5) is 0 Å². The van der Waals surface area contributed by atoms with E-state index in [9.17, 15) is 10.1 Å². The summed E-state index contributed by atoms with van der Waals surface area (Å²) in [5.74, 6) is 0.696. The van der Waals surface area contributed by atoms with E-state index in [1.165, 1.54) is 16.7 Å². The molecule has 1 atom stereocenters. The molecule has 1 aromatic heterocycles. The SMILES string of the molecule is C[NH+](C)[C@@H](CNC(=O)c1ccccc1Sc1ccccc1C#N)c1ccco1. The van der Waals surface area contributed by atoms with Crippen LogP contribution >= 0.6 is 11.8 Å². The summed E-state index contributed by atoms with van der Waals surface area (Å²) >= 11 is 1.43. The highest BCUT2D eigenvalue weighted by atomic mass is 32.2. The number of likely N-dealkylation sites (N-methyl/N-ethyl adjacent to an activating group) is 1. The second kappa shape index (κ2) is 9.27. The number of carbonyl (C=O) groups is 1. The van der Waals surface area contributed by atoms with Gasteiger partial charge in [-0.15, -0.1) is 0 Å². The fourth-order valence-electron chi connectivity index (χ4n) is 2.88. The van der Waals surface area contributed by atoms with Crippen LogP contribution in [0.25, 0.3) is 0 Å². The third-order valence-electron chi connectivity index (χ3n) is 4.41. The van der Waals surface area contributed by atoms with Crippen LogP contribution in [0, 0.1) is 11.3 Å². The number of carbonyl (C=O) groups excluding carboxylic acids is 1. The molecule has 1 heterocycles. The van der Waals surface area contributed by atoms with Crippen molar-refractivity contribution in [1.29, 1.82) is 5.26 Å². The van der Waals surface area contributed by atoms with Gasteiger partial charge in [-0.3, -0.25) is 4.79 Å². The van der Waals surface area contributed by atoms with E-state index in [1.54, 1.807) is 18.4 Å². The molecule has 0 aliphatic heterocycles. The summed E-state index contributed by atoms with van der Waals surface area (Å²) in [6.45, 7) is 0.461. The van der Waals surface area contributed by atoms with Gasteiger partial charge in [-0.25, -0.2) is 0 Å². The number of rotatable bonds is 7. The molecular weight excluding hydrogens is 370 g/mol. The molecule has 0 aliphatic rings. The van der Waals surface area contributed by atoms with E-state index in [0.717, 1.165) is 15.6 Å². The minimum Gasteiger partial charge on any atom is -0.463 e. The zero-order valence-corrected chi connectivity index (χ0v) is 16.6. The molecule has 2 N–H and O–H groups in total. The van der Waals surface area contributed by atoms with Crippen LogP contribution in [0.3, 0.4) is 0 Å². The third-order valence-corrected chi connectivity index (χ3v) is 5.56. The van der Waals surface area contributed by atoms with Crippen molar-refractivity contribution in [3.8, 4) is 6.07 Å².